The standard InChI is InChI=1S/C16H25N3.C15H22N2.C6H13NO2/c1-9-10(2)12(4)14-13(11(9)3)17-15(18-14)19(8)16(5,6)7;1-8-9(2)11(4)13-12(10(8)3)16-14(17-13)15(5,6)7;1-6(2,3)9-5(8)7-4/h1-8H3,(H,17,18);1-7H3,(H,16,17);1-4H3,(H,7,8). The molecule has 250 valence electrons. The third-order valence-electron chi connectivity index (χ3n) is 8.87. The maximum atomic E-state index is 10.5. The predicted molar refractivity (Wildman–Crippen MR) is 192 cm³/mol. The van der Waals surface area contributed by atoms with Gasteiger partial charge in [0.15, 0.2) is 0 Å². The highest BCUT2D eigenvalue weighted by molar-refractivity contribution is 5.87. The number of alkyl carbamates (subject to hydrolysis) is 1. The Morgan fingerprint density at radius 1 is 0.644 bits per heavy atom. The second kappa shape index (κ2) is 13.4. The lowest BCUT2D eigenvalue weighted by molar-refractivity contribution is 0.0541. The van der Waals surface area contributed by atoms with Crippen molar-refractivity contribution in [3.05, 3.63) is 50.3 Å². The molecule has 3 N–H and O–H groups in total. The zero-order valence-corrected chi connectivity index (χ0v) is 31.7. The summed E-state index contributed by atoms with van der Waals surface area (Å²) in [5.41, 5.74) is 15.0. The molecule has 0 saturated carbocycles. The number of imidazole rings is 2. The summed E-state index contributed by atoms with van der Waals surface area (Å²) in [5.74, 6) is 2.02. The maximum Gasteiger partial charge on any atom is 0.407 e. The molecule has 4 aromatic rings. The fourth-order valence-electron chi connectivity index (χ4n) is 4.84. The van der Waals surface area contributed by atoms with Crippen LogP contribution in [-0.2, 0) is 10.2 Å². The lowest BCUT2D eigenvalue weighted by Crippen LogP contribution is -2.38. The van der Waals surface area contributed by atoms with E-state index >= 15 is 0 Å². The molecule has 0 atom stereocenters. The van der Waals surface area contributed by atoms with Gasteiger partial charge in [-0.1, -0.05) is 20.8 Å². The summed E-state index contributed by atoms with van der Waals surface area (Å²) in [6.07, 6.45) is -0.387. The Hall–Kier alpha value is -3.55. The topological polar surface area (TPSA) is 98.9 Å². The number of fused-ring (bicyclic) bond motifs is 2. The lowest BCUT2D eigenvalue weighted by Gasteiger charge is -2.31. The zero-order valence-electron chi connectivity index (χ0n) is 31.7. The van der Waals surface area contributed by atoms with E-state index in [2.05, 4.69) is 124 Å². The van der Waals surface area contributed by atoms with Crippen molar-refractivity contribution < 1.29 is 9.53 Å². The molecule has 45 heavy (non-hydrogen) atoms. The molecular formula is C37H60N6O2. The molecule has 1 amide bonds. The molecule has 8 heteroatoms. The Morgan fingerprint density at radius 2 is 1.04 bits per heavy atom. The molecule has 2 aromatic carbocycles. The number of aromatic amines is 2. The van der Waals surface area contributed by atoms with E-state index < -0.39 is 0 Å². The molecule has 4 rings (SSSR count). The average Bonchev–Trinajstić information content (AvgIpc) is 3.58. The van der Waals surface area contributed by atoms with Crippen molar-refractivity contribution in [1.82, 2.24) is 25.3 Å². The lowest BCUT2D eigenvalue weighted by atomic mass is 9.96. The van der Waals surface area contributed by atoms with Crippen molar-refractivity contribution in [3.8, 4) is 0 Å². The number of carbonyl (C=O) groups excluding carboxylic acids is 1. The Labute approximate surface area is 272 Å². The van der Waals surface area contributed by atoms with Gasteiger partial charge in [-0.3, -0.25) is 0 Å². The fraction of sp³-hybridized carbons (Fsp3) is 0.595. The van der Waals surface area contributed by atoms with Gasteiger partial charge < -0.3 is 24.9 Å². The number of aromatic nitrogens is 4. The van der Waals surface area contributed by atoms with E-state index in [4.69, 9.17) is 14.7 Å². The quantitative estimate of drug-likeness (QED) is 0.197. The molecule has 0 aliphatic carbocycles. The number of nitrogens with one attached hydrogen (secondary N) is 3. The van der Waals surface area contributed by atoms with E-state index in [9.17, 15) is 4.79 Å². The summed E-state index contributed by atoms with van der Waals surface area (Å²) < 4.78 is 4.84. The van der Waals surface area contributed by atoms with Crippen molar-refractivity contribution >= 4 is 34.1 Å². The first-order chi connectivity index (χ1) is 20.3. The Balaban J connectivity index is 0.000000251. The number of hydrogen-bond donors (Lipinski definition) is 3. The molecule has 0 fully saturated rings. The number of amides is 1. The first-order valence-electron chi connectivity index (χ1n) is 15.9. The second-order valence-corrected chi connectivity index (χ2v) is 15.3. The van der Waals surface area contributed by atoms with Crippen LogP contribution in [0.2, 0.25) is 0 Å². The predicted octanol–water partition coefficient (Wildman–Crippen LogP) is 9.27. The van der Waals surface area contributed by atoms with Crippen LogP contribution in [0, 0.1) is 55.4 Å². The summed E-state index contributed by atoms with van der Waals surface area (Å²) in [6, 6.07) is 0. The van der Waals surface area contributed by atoms with Crippen molar-refractivity contribution in [2.24, 2.45) is 0 Å². The van der Waals surface area contributed by atoms with Gasteiger partial charge in [0.05, 0.1) is 22.1 Å². The summed E-state index contributed by atoms with van der Waals surface area (Å²) in [4.78, 5) is 29.3. The van der Waals surface area contributed by atoms with Gasteiger partial charge in [-0.25, -0.2) is 14.8 Å². The van der Waals surface area contributed by atoms with Crippen LogP contribution in [0.25, 0.3) is 22.1 Å². The molecule has 0 aliphatic rings. The minimum absolute atomic E-state index is 0.0553. The molecule has 0 radical (unpaired) electrons. The van der Waals surface area contributed by atoms with E-state index in [0.717, 1.165) is 22.8 Å². The fourth-order valence-corrected chi connectivity index (χ4v) is 4.84. The number of anilines is 1. The Bertz CT molecular complexity index is 1580. The maximum absolute atomic E-state index is 10.5. The zero-order chi connectivity index (χ0) is 35.0. The van der Waals surface area contributed by atoms with E-state index in [1.807, 2.05) is 20.8 Å². The molecule has 0 saturated heterocycles. The highest BCUT2D eigenvalue weighted by Crippen LogP contribution is 2.32. The van der Waals surface area contributed by atoms with Crippen molar-refractivity contribution in [3.63, 3.8) is 0 Å². The van der Waals surface area contributed by atoms with Gasteiger partial charge >= 0.3 is 6.09 Å². The van der Waals surface area contributed by atoms with Crippen LogP contribution < -0.4 is 10.2 Å². The smallest absolute Gasteiger partial charge is 0.407 e. The van der Waals surface area contributed by atoms with Crippen LogP contribution in [-0.4, -0.2) is 51.3 Å². The summed E-state index contributed by atoms with van der Waals surface area (Å²) >= 11 is 0. The van der Waals surface area contributed by atoms with Crippen LogP contribution in [0.5, 0.6) is 0 Å². The minimum Gasteiger partial charge on any atom is -0.444 e. The number of carbonyl (C=O) groups is 1. The van der Waals surface area contributed by atoms with Crippen molar-refractivity contribution in [2.45, 2.75) is 134 Å². The number of benzene rings is 2. The third-order valence-corrected chi connectivity index (χ3v) is 8.87. The number of hydrogen-bond acceptors (Lipinski definition) is 5. The van der Waals surface area contributed by atoms with Crippen molar-refractivity contribution in [1.29, 1.82) is 0 Å². The van der Waals surface area contributed by atoms with Gasteiger partial charge in [-0.2, -0.15) is 0 Å². The number of ether oxygens (including phenoxy) is 1. The van der Waals surface area contributed by atoms with Crippen LogP contribution in [0.3, 0.4) is 0 Å². The number of aryl methyl sites for hydroxylation is 4. The summed E-state index contributed by atoms with van der Waals surface area (Å²) in [7, 11) is 3.62. The van der Waals surface area contributed by atoms with Gasteiger partial charge in [0.2, 0.25) is 5.95 Å². The highest BCUT2D eigenvalue weighted by Gasteiger charge is 2.23. The summed E-state index contributed by atoms with van der Waals surface area (Å²) in [6.45, 7) is 36.0. The first kappa shape index (κ1) is 37.6. The molecule has 8 nitrogen and oxygen atoms in total. The van der Waals surface area contributed by atoms with E-state index in [1.54, 1.807) is 0 Å². The molecule has 0 aliphatic heterocycles. The van der Waals surface area contributed by atoms with Crippen LogP contribution in [0.4, 0.5) is 10.7 Å². The third kappa shape index (κ3) is 8.59. The Morgan fingerprint density at radius 3 is 1.40 bits per heavy atom. The van der Waals surface area contributed by atoms with E-state index in [0.29, 0.717) is 0 Å². The average molecular weight is 621 g/mol. The van der Waals surface area contributed by atoms with Gasteiger partial charge in [0, 0.05) is 25.0 Å². The molecule has 0 spiro atoms. The number of nitrogens with zero attached hydrogens (tertiary/aromatic N) is 3. The molecular weight excluding hydrogens is 560 g/mol. The molecule has 0 bridgehead atoms. The van der Waals surface area contributed by atoms with Crippen LogP contribution >= 0.6 is 0 Å². The number of H-pyrrole nitrogens is 2. The summed E-state index contributed by atoms with van der Waals surface area (Å²) in [5, 5.41) is 2.36. The monoisotopic (exact) mass is 620 g/mol. The van der Waals surface area contributed by atoms with E-state index in [-0.39, 0.29) is 22.6 Å². The first-order valence-corrected chi connectivity index (χ1v) is 15.9. The minimum atomic E-state index is -0.389. The van der Waals surface area contributed by atoms with Gasteiger partial charge in [-0.05, 0) is 141 Å². The van der Waals surface area contributed by atoms with E-state index in [1.165, 1.54) is 62.6 Å². The SMILES string of the molecule is CNC(=O)OC(C)(C)C.Cc1c(C)c(C)c2[nH]c(C(C)(C)C)nc2c1C.Cc1c(C)c(C)c2[nH]c(N(C)C(C)(C)C)nc2c1C. The van der Waals surface area contributed by atoms with Crippen LogP contribution in [0.1, 0.15) is 113 Å². The Kier molecular flexibility index (Phi) is 11.2. The number of rotatable bonds is 1. The van der Waals surface area contributed by atoms with Crippen LogP contribution in [0.15, 0.2) is 0 Å². The second-order valence-electron chi connectivity index (χ2n) is 15.3. The van der Waals surface area contributed by atoms with Gasteiger partial charge in [0.25, 0.3) is 0 Å². The van der Waals surface area contributed by atoms with Crippen molar-refractivity contribution in [2.75, 3.05) is 19.0 Å². The molecule has 0 unspecified atom stereocenters. The molecule has 2 aromatic heterocycles. The van der Waals surface area contributed by atoms with Gasteiger partial charge in [-0.15, -0.1) is 0 Å². The normalized spacial score (nSPS) is 12.0. The largest absolute Gasteiger partial charge is 0.444 e. The molecule has 2 heterocycles. The highest BCUT2D eigenvalue weighted by atomic mass is 16.6. The van der Waals surface area contributed by atoms with Gasteiger partial charge in [0.1, 0.15) is 11.4 Å².